The third kappa shape index (κ3) is 4.60. The topological polar surface area (TPSA) is 93.2 Å². The molecule has 150 valence electrons. The van der Waals surface area contributed by atoms with E-state index in [2.05, 4.69) is 10.3 Å². The van der Waals surface area contributed by atoms with E-state index in [0.717, 1.165) is 16.3 Å². The number of amides is 1. The van der Waals surface area contributed by atoms with E-state index in [9.17, 15) is 18.8 Å². The normalized spacial score (nSPS) is 10.6. The van der Waals surface area contributed by atoms with Gasteiger partial charge in [-0.1, -0.05) is 36.4 Å². The van der Waals surface area contributed by atoms with Crippen molar-refractivity contribution in [1.82, 2.24) is 14.9 Å². The van der Waals surface area contributed by atoms with E-state index >= 15 is 0 Å². The lowest BCUT2D eigenvalue weighted by molar-refractivity contribution is 0.0951. The second-order valence-electron chi connectivity index (χ2n) is 6.31. The fraction of sp³-hybridized carbons (Fsp3) is 0.190. The Morgan fingerprint density at radius 3 is 2.52 bits per heavy atom. The number of carbonyl (C=O) groups is 1. The van der Waals surface area contributed by atoms with Crippen LogP contribution in [0.5, 0.6) is 5.75 Å². The minimum Gasteiger partial charge on any atom is -0.496 e. The highest BCUT2D eigenvalue weighted by Gasteiger charge is 2.16. The standard InChI is InChI=1S/C21H20FN3O4/c1-29-18-9-5-3-6-14(18)10-11-23-19(26)16-12-24-21(28)25(20(16)27)13-15-7-2-4-8-17(15)22/h2-9,12H,10-11,13H2,1H3,(H,23,26)(H,24,28). The smallest absolute Gasteiger partial charge is 0.328 e. The maximum absolute atomic E-state index is 13.9. The van der Waals surface area contributed by atoms with E-state index < -0.39 is 23.0 Å². The van der Waals surface area contributed by atoms with E-state index in [0.29, 0.717) is 12.2 Å². The fourth-order valence-electron chi connectivity index (χ4n) is 2.93. The van der Waals surface area contributed by atoms with Crippen LogP contribution in [-0.2, 0) is 13.0 Å². The van der Waals surface area contributed by atoms with Crippen LogP contribution in [0, 0.1) is 5.82 Å². The summed E-state index contributed by atoms with van der Waals surface area (Å²) in [7, 11) is 1.57. The molecular weight excluding hydrogens is 377 g/mol. The fourth-order valence-corrected chi connectivity index (χ4v) is 2.93. The number of carbonyl (C=O) groups excluding carboxylic acids is 1. The summed E-state index contributed by atoms with van der Waals surface area (Å²) in [5.74, 6) is -0.452. The molecule has 0 spiro atoms. The molecule has 0 unspecified atom stereocenters. The van der Waals surface area contributed by atoms with E-state index in [4.69, 9.17) is 4.74 Å². The van der Waals surface area contributed by atoms with Gasteiger partial charge in [0.1, 0.15) is 17.1 Å². The number of ether oxygens (including phenoxy) is 1. The molecular formula is C21H20FN3O4. The van der Waals surface area contributed by atoms with Gasteiger partial charge in [0.15, 0.2) is 0 Å². The first-order chi connectivity index (χ1) is 14.0. The minimum atomic E-state index is -0.785. The molecule has 1 aromatic heterocycles. The van der Waals surface area contributed by atoms with E-state index in [-0.39, 0.29) is 24.2 Å². The number of rotatable bonds is 7. The molecule has 0 atom stereocenters. The number of benzene rings is 2. The van der Waals surface area contributed by atoms with Gasteiger partial charge in [0.05, 0.1) is 13.7 Å². The Morgan fingerprint density at radius 2 is 1.79 bits per heavy atom. The molecule has 3 rings (SSSR count). The third-order valence-electron chi connectivity index (χ3n) is 4.46. The van der Waals surface area contributed by atoms with Gasteiger partial charge in [-0.05, 0) is 24.1 Å². The molecule has 0 saturated heterocycles. The van der Waals surface area contributed by atoms with Gasteiger partial charge in [-0.2, -0.15) is 0 Å². The van der Waals surface area contributed by atoms with Crippen LogP contribution in [0.2, 0.25) is 0 Å². The van der Waals surface area contributed by atoms with E-state index in [1.807, 2.05) is 24.3 Å². The molecule has 3 aromatic rings. The lowest BCUT2D eigenvalue weighted by Gasteiger charge is -2.10. The lowest BCUT2D eigenvalue weighted by Crippen LogP contribution is -2.41. The average Bonchev–Trinajstić information content (AvgIpc) is 2.72. The zero-order valence-corrected chi connectivity index (χ0v) is 15.8. The number of nitrogens with zero attached hydrogens (tertiary/aromatic N) is 1. The molecule has 0 fully saturated rings. The average molecular weight is 397 g/mol. The number of methoxy groups -OCH3 is 1. The van der Waals surface area contributed by atoms with Gasteiger partial charge in [-0.25, -0.2) is 9.18 Å². The van der Waals surface area contributed by atoms with Crippen molar-refractivity contribution >= 4 is 5.91 Å². The summed E-state index contributed by atoms with van der Waals surface area (Å²) >= 11 is 0. The van der Waals surface area contributed by atoms with Gasteiger partial charge in [-0.3, -0.25) is 14.2 Å². The Hall–Kier alpha value is -3.68. The minimum absolute atomic E-state index is 0.175. The van der Waals surface area contributed by atoms with Crippen LogP contribution >= 0.6 is 0 Å². The van der Waals surface area contributed by atoms with Gasteiger partial charge in [0, 0.05) is 18.3 Å². The predicted octanol–water partition coefficient (Wildman–Crippen LogP) is 1.71. The Bertz CT molecular complexity index is 1140. The van der Waals surface area contributed by atoms with Gasteiger partial charge in [0.25, 0.3) is 11.5 Å². The molecule has 2 N–H and O–H groups in total. The first kappa shape index (κ1) is 20.1. The zero-order valence-electron chi connectivity index (χ0n) is 15.8. The summed E-state index contributed by atoms with van der Waals surface area (Å²) in [4.78, 5) is 39.5. The Morgan fingerprint density at radius 1 is 1.10 bits per heavy atom. The molecule has 7 nitrogen and oxygen atoms in total. The summed E-state index contributed by atoms with van der Waals surface area (Å²) < 4.78 is 19.9. The number of hydrogen-bond donors (Lipinski definition) is 2. The lowest BCUT2D eigenvalue weighted by atomic mass is 10.1. The summed E-state index contributed by atoms with van der Waals surface area (Å²) in [6.07, 6.45) is 1.57. The number of para-hydroxylation sites is 1. The van der Waals surface area contributed by atoms with Crippen molar-refractivity contribution in [2.45, 2.75) is 13.0 Å². The summed E-state index contributed by atoms with van der Waals surface area (Å²) in [6.45, 7) is -0.00569. The molecule has 0 aliphatic rings. The molecule has 0 aliphatic heterocycles. The molecule has 1 amide bonds. The van der Waals surface area contributed by atoms with Crippen molar-refractivity contribution in [3.63, 3.8) is 0 Å². The number of aromatic amines is 1. The van der Waals surface area contributed by atoms with Crippen molar-refractivity contribution < 1.29 is 13.9 Å². The Labute approximate surface area is 165 Å². The SMILES string of the molecule is COc1ccccc1CCNC(=O)c1c[nH]c(=O)n(Cc2ccccc2F)c1=O. The third-order valence-corrected chi connectivity index (χ3v) is 4.46. The van der Waals surface area contributed by atoms with Crippen LogP contribution in [0.15, 0.2) is 64.3 Å². The van der Waals surface area contributed by atoms with Gasteiger partial charge < -0.3 is 15.0 Å². The highest BCUT2D eigenvalue weighted by molar-refractivity contribution is 5.93. The molecule has 8 heteroatoms. The first-order valence-electron chi connectivity index (χ1n) is 8.97. The molecule has 0 saturated carbocycles. The Balaban J connectivity index is 1.75. The number of halogens is 1. The van der Waals surface area contributed by atoms with Crippen LogP contribution in [0.25, 0.3) is 0 Å². The van der Waals surface area contributed by atoms with Crippen molar-refractivity contribution in [3.8, 4) is 5.75 Å². The molecule has 0 aliphatic carbocycles. The maximum atomic E-state index is 13.9. The van der Waals surface area contributed by atoms with E-state index in [1.54, 1.807) is 13.2 Å². The van der Waals surface area contributed by atoms with E-state index in [1.165, 1.54) is 18.2 Å². The second-order valence-corrected chi connectivity index (χ2v) is 6.31. The van der Waals surface area contributed by atoms with Crippen LogP contribution in [0.4, 0.5) is 4.39 Å². The number of nitrogens with one attached hydrogen (secondary N) is 2. The molecule has 0 radical (unpaired) electrons. The highest BCUT2D eigenvalue weighted by atomic mass is 19.1. The van der Waals surface area contributed by atoms with Crippen LogP contribution in [-0.4, -0.2) is 29.1 Å². The maximum Gasteiger partial charge on any atom is 0.328 e. The molecule has 1 heterocycles. The van der Waals surface area contributed by atoms with Gasteiger partial charge in [-0.15, -0.1) is 0 Å². The molecule has 29 heavy (non-hydrogen) atoms. The predicted molar refractivity (Wildman–Crippen MR) is 106 cm³/mol. The highest BCUT2D eigenvalue weighted by Crippen LogP contribution is 2.17. The van der Waals surface area contributed by atoms with Crippen molar-refractivity contribution in [3.05, 3.63) is 98.1 Å². The summed E-state index contributed by atoms with van der Waals surface area (Å²) in [5, 5.41) is 2.66. The van der Waals surface area contributed by atoms with Crippen molar-refractivity contribution in [1.29, 1.82) is 0 Å². The summed E-state index contributed by atoms with van der Waals surface area (Å²) in [5.41, 5.74) is -0.640. The van der Waals surface area contributed by atoms with Crippen LogP contribution < -0.4 is 21.3 Å². The van der Waals surface area contributed by atoms with Crippen molar-refractivity contribution in [2.75, 3.05) is 13.7 Å². The number of hydrogen-bond acceptors (Lipinski definition) is 4. The Kier molecular flexibility index (Phi) is 6.23. The quantitative estimate of drug-likeness (QED) is 0.635. The summed E-state index contributed by atoms with van der Waals surface area (Å²) in [6, 6.07) is 13.2. The van der Waals surface area contributed by atoms with Gasteiger partial charge in [0.2, 0.25) is 0 Å². The van der Waals surface area contributed by atoms with Gasteiger partial charge >= 0.3 is 5.69 Å². The van der Waals surface area contributed by atoms with Crippen molar-refractivity contribution in [2.24, 2.45) is 0 Å². The zero-order chi connectivity index (χ0) is 20.8. The van der Waals surface area contributed by atoms with Crippen LogP contribution in [0.3, 0.4) is 0 Å². The molecule has 0 bridgehead atoms. The second kappa shape index (κ2) is 9.01. The largest absolute Gasteiger partial charge is 0.496 e. The first-order valence-corrected chi connectivity index (χ1v) is 8.97. The molecule has 2 aromatic carbocycles. The monoisotopic (exact) mass is 397 g/mol. The number of aromatic nitrogens is 2. The van der Waals surface area contributed by atoms with Crippen LogP contribution in [0.1, 0.15) is 21.5 Å². The number of H-pyrrole nitrogens is 1.